The Morgan fingerprint density at radius 1 is 1.31 bits per heavy atom. The summed E-state index contributed by atoms with van der Waals surface area (Å²) >= 11 is 0. The Morgan fingerprint density at radius 3 is 2.25 bits per heavy atom. The molecule has 0 aliphatic rings. The topological polar surface area (TPSA) is 20.3 Å². The summed E-state index contributed by atoms with van der Waals surface area (Å²) in [5.41, 5.74) is 0. The van der Waals surface area contributed by atoms with Gasteiger partial charge in [-0.25, -0.2) is 0 Å². The van der Waals surface area contributed by atoms with Gasteiger partial charge in [0.05, 0.1) is 0 Å². The number of Topliss-reactive ketones (excluding diaryl/α,β-unsaturated/α-hetero) is 1. The van der Waals surface area contributed by atoms with Crippen molar-refractivity contribution in [3.8, 4) is 0 Å². The van der Waals surface area contributed by atoms with Crippen molar-refractivity contribution in [2.45, 2.75) is 45.6 Å². The predicted octanol–water partition coefficient (Wildman–Crippen LogP) is 3.20. The van der Waals surface area contributed by atoms with Crippen LogP contribution in [-0.2, 0) is 4.79 Å². The van der Waals surface area contributed by atoms with Crippen LogP contribution in [0.1, 0.15) is 39.5 Å². The SMILES string of the molecule is C=CCN(CC=C)C(CC)CCCC(C)=O. The van der Waals surface area contributed by atoms with Gasteiger partial charge in [0.25, 0.3) is 0 Å². The molecule has 1 atom stereocenters. The Kier molecular flexibility index (Phi) is 8.82. The van der Waals surface area contributed by atoms with Crippen LogP contribution in [0.3, 0.4) is 0 Å². The van der Waals surface area contributed by atoms with Gasteiger partial charge < -0.3 is 4.79 Å². The Balaban J connectivity index is 4.12. The molecule has 0 aliphatic carbocycles. The van der Waals surface area contributed by atoms with Crippen molar-refractivity contribution < 1.29 is 4.79 Å². The van der Waals surface area contributed by atoms with Crippen molar-refractivity contribution in [3.05, 3.63) is 25.3 Å². The zero-order valence-corrected chi connectivity index (χ0v) is 10.7. The summed E-state index contributed by atoms with van der Waals surface area (Å²) in [6.07, 6.45) is 7.73. The van der Waals surface area contributed by atoms with E-state index in [4.69, 9.17) is 0 Å². The van der Waals surface area contributed by atoms with Gasteiger partial charge in [0.15, 0.2) is 0 Å². The highest BCUT2D eigenvalue weighted by Crippen LogP contribution is 2.12. The summed E-state index contributed by atoms with van der Waals surface area (Å²) in [5, 5.41) is 0. The molecule has 2 heteroatoms. The lowest BCUT2D eigenvalue weighted by atomic mass is 10.0. The van der Waals surface area contributed by atoms with Crippen LogP contribution in [0.2, 0.25) is 0 Å². The number of nitrogens with zero attached hydrogens (tertiary/aromatic N) is 1. The van der Waals surface area contributed by atoms with Gasteiger partial charge >= 0.3 is 0 Å². The lowest BCUT2D eigenvalue weighted by Gasteiger charge is -2.29. The monoisotopic (exact) mass is 223 g/mol. The molecule has 0 N–H and O–H groups in total. The van der Waals surface area contributed by atoms with Gasteiger partial charge in [-0.05, 0) is 26.2 Å². The third kappa shape index (κ3) is 6.57. The number of carbonyl (C=O) groups is 1. The lowest BCUT2D eigenvalue weighted by molar-refractivity contribution is -0.117. The number of ketones is 1. The molecule has 16 heavy (non-hydrogen) atoms. The van der Waals surface area contributed by atoms with Crippen molar-refractivity contribution in [2.75, 3.05) is 13.1 Å². The first-order valence-corrected chi connectivity index (χ1v) is 6.10. The van der Waals surface area contributed by atoms with Crippen molar-refractivity contribution >= 4 is 5.78 Å². The van der Waals surface area contributed by atoms with Gasteiger partial charge in [-0.3, -0.25) is 4.90 Å². The van der Waals surface area contributed by atoms with Gasteiger partial charge in [-0.2, -0.15) is 0 Å². The number of carbonyl (C=O) groups excluding carboxylic acids is 1. The molecule has 0 aromatic heterocycles. The van der Waals surface area contributed by atoms with Crippen LogP contribution in [0, 0.1) is 0 Å². The van der Waals surface area contributed by atoms with E-state index >= 15 is 0 Å². The van der Waals surface area contributed by atoms with Crippen molar-refractivity contribution in [1.82, 2.24) is 4.90 Å². The lowest BCUT2D eigenvalue weighted by Crippen LogP contribution is -2.35. The van der Waals surface area contributed by atoms with E-state index in [2.05, 4.69) is 25.0 Å². The molecule has 1 unspecified atom stereocenters. The summed E-state index contributed by atoms with van der Waals surface area (Å²) in [5.74, 6) is 0.286. The molecule has 0 rings (SSSR count). The molecule has 0 saturated carbocycles. The molecule has 0 amide bonds. The van der Waals surface area contributed by atoms with Gasteiger partial charge in [0.2, 0.25) is 0 Å². The van der Waals surface area contributed by atoms with E-state index in [0.29, 0.717) is 12.5 Å². The Hall–Kier alpha value is -0.890. The fourth-order valence-corrected chi connectivity index (χ4v) is 1.94. The normalized spacial score (nSPS) is 12.4. The zero-order chi connectivity index (χ0) is 12.4. The van der Waals surface area contributed by atoms with Crippen LogP contribution in [0.15, 0.2) is 25.3 Å². The molecular weight excluding hydrogens is 198 g/mol. The maximum absolute atomic E-state index is 10.9. The maximum atomic E-state index is 10.9. The molecule has 0 fully saturated rings. The minimum atomic E-state index is 0.286. The average molecular weight is 223 g/mol. The van der Waals surface area contributed by atoms with Crippen LogP contribution < -0.4 is 0 Å². The van der Waals surface area contributed by atoms with Crippen LogP contribution in [0.25, 0.3) is 0 Å². The summed E-state index contributed by atoms with van der Waals surface area (Å²) in [6.45, 7) is 13.2. The number of hydrogen-bond donors (Lipinski definition) is 0. The zero-order valence-electron chi connectivity index (χ0n) is 10.7. The molecule has 0 heterocycles. The average Bonchev–Trinajstić information content (AvgIpc) is 2.24. The van der Waals surface area contributed by atoms with Gasteiger partial charge in [0, 0.05) is 25.6 Å². The molecule has 0 radical (unpaired) electrons. The van der Waals surface area contributed by atoms with Crippen LogP contribution in [-0.4, -0.2) is 29.8 Å². The highest BCUT2D eigenvalue weighted by Gasteiger charge is 2.13. The largest absolute Gasteiger partial charge is 0.300 e. The molecule has 0 spiro atoms. The third-order valence-electron chi connectivity index (χ3n) is 2.78. The van der Waals surface area contributed by atoms with Crippen molar-refractivity contribution in [1.29, 1.82) is 0 Å². The highest BCUT2D eigenvalue weighted by molar-refractivity contribution is 5.75. The first-order chi connectivity index (χ1) is 7.65. The second kappa shape index (κ2) is 9.34. The molecule has 92 valence electrons. The highest BCUT2D eigenvalue weighted by atomic mass is 16.1. The maximum Gasteiger partial charge on any atom is 0.129 e. The Morgan fingerprint density at radius 2 is 1.88 bits per heavy atom. The Bertz CT molecular complexity index is 213. The summed E-state index contributed by atoms with van der Waals surface area (Å²) in [6, 6.07) is 0.537. The molecular formula is C14H25NO. The van der Waals surface area contributed by atoms with Gasteiger partial charge in [0.1, 0.15) is 5.78 Å². The van der Waals surface area contributed by atoms with E-state index in [-0.39, 0.29) is 5.78 Å². The quantitative estimate of drug-likeness (QED) is 0.530. The van der Waals surface area contributed by atoms with E-state index < -0.39 is 0 Å². The second-order valence-electron chi connectivity index (χ2n) is 4.19. The molecule has 0 saturated heterocycles. The minimum Gasteiger partial charge on any atom is -0.300 e. The van der Waals surface area contributed by atoms with E-state index in [1.807, 2.05) is 12.2 Å². The number of hydrogen-bond acceptors (Lipinski definition) is 2. The number of rotatable bonds is 10. The molecule has 0 bridgehead atoms. The summed E-state index contributed by atoms with van der Waals surface area (Å²) in [7, 11) is 0. The first-order valence-electron chi connectivity index (χ1n) is 6.10. The van der Waals surface area contributed by atoms with Crippen molar-refractivity contribution in [2.24, 2.45) is 0 Å². The van der Waals surface area contributed by atoms with E-state index in [1.54, 1.807) is 6.92 Å². The van der Waals surface area contributed by atoms with E-state index in [0.717, 1.165) is 32.4 Å². The first kappa shape index (κ1) is 15.1. The molecule has 0 aliphatic heterocycles. The van der Waals surface area contributed by atoms with Crippen LogP contribution in [0.4, 0.5) is 0 Å². The molecule has 2 nitrogen and oxygen atoms in total. The fourth-order valence-electron chi connectivity index (χ4n) is 1.94. The predicted molar refractivity (Wildman–Crippen MR) is 70.6 cm³/mol. The van der Waals surface area contributed by atoms with Gasteiger partial charge in [-0.1, -0.05) is 19.1 Å². The Labute approximate surface area is 100 Å². The fraction of sp³-hybridized carbons (Fsp3) is 0.643. The third-order valence-corrected chi connectivity index (χ3v) is 2.78. The molecule has 0 aromatic rings. The van der Waals surface area contributed by atoms with Crippen LogP contribution >= 0.6 is 0 Å². The smallest absolute Gasteiger partial charge is 0.129 e. The van der Waals surface area contributed by atoms with E-state index in [9.17, 15) is 4.79 Å². The van der Waals surface area contributed by atoms with E-state index in [1.165, 1.54) is 0 Å². The standard InChI is InChI=1S/C14H25NO/c1-5-11-15(12-6-2)14(7-3)10-8-9-13(4)16/h5-6,14H,1-2,7-12H2,3-4H3. The minimum absolute atomic E-state index is 0.286. The van der Waals surface area contributed by atoms with Gasteiger partial charge in [-0.15, -0.1) is 13.2 Å². The van der Waals surface area contributed by atoms with Crippen molar-refractivity contribution in [3.63, 3.8) is 0 Å². The molecule has 0 aromatic carbocycles. The van der Waals surface area contributed by atoms with Crippen LogP contribution in [0.5, 0.6) is 0 Å². The summed E-state index contributed by atoms with van der Waals surface area (Å²) in [4.78, 5) is 13.3. The summed E-state index contributed by atoms with van der Waals surface area (Å²) < 4.78 is 0. The second-order valence-corrected chi connectivity index (χ2v) is 4.19.